The predicted molar refractivity (Wildman–Crippen MR) is 99.5 cm³/mol. The quantitative estimate of drug-likeness (QED) is 0.632. The molecular formula is C19H21N3O4. The van der Waals surface area contributed by atoms with Crippen LogP contribution in [0.15, 0.2) is 42.5 Å². The van der Waals surface area contributed by atoms with Gasteiger partial charge in [0.1, 0.15) is 0 Å². The van der Waals surface area contributed by atoms with Crippen LogP contribution in [-0.4, -0.2) is 34.7 Å². The van der Waals surface area contributed by atoms with Crippen LogP contribution in [-0.2, 0) is 0 Å². The maximum Gasteiger partial charge on any atom is 0.273 e. The van der Waals surface area contributed by atoms with Gasteiger partial charge in [0, 0.05) is 41.5 Å². The van der Waals surface area contributed by atoms with E-state index in [2.05, 4.69) is 5.32 Å². The van der Waals surface area contributed by atoms with Crippen LogP contribution in [0.3, 0.4) is 0 Å². The lowest BCUT2D eigenvalue weighted by atomic mass is 10.1. The Morgan fingerprint density at radius 2 is 1.77 bits per heavy atom. The Labute approximate surface area is 151 Å². The summed E-state index contributed by atoms with van der Waals surface area (Å²) in [6.07, 6.45) is 0. The van der Waals surface area contributed by atoms with Gasteiger partial charge in [0.15, 0.2) is 0 Å². The summed E-state index contributed by atoms with van der Waals surface area (Å²) < 4.78 is 0. The molecule has 0 radical (unpaired) electrons. The zero-order valence-electron chi connectivity index (χ0n) is 15.0. The van der Waals surface area contributed by atoms with Gasteiger partial charge in [-0.05, 0) is 45.0 Å². The first-order valence-electron chi connectivity index (χ1n) is 8.33. The molecule has 0 aliphatic heterocycles. The van der Waals surface area contributed by atoms with E-state index in [1.165, 1.54) is 25.1 Å². The Hall–Kier alpha value is -3.22. The van der Waals surface area contributed by atoms with E-state index in [9.17, 15) is 19.7 Å². The molecule has 0 unspecified atom stereocenters. The maximum absolute atomic E-state index is 12.5. The second-order valence-electron chi connectivity index (χ2n) is 5.72. The molecule has 0 bridgehead atoms. The van der Waals surface area contributed by atoms with Gasteiger partial charge in [0.25, 0.3) is 17.5 Å². The molecule has 0 aliphatic carbocycles. The fraction of sp³-hybridized carbons (Fsp3) is 0.263. The smallest absolute Gasteiger partial charge is 0.273 e. The number of carbonyl (C=O) groups is 2. The molecular weight excluding hydrogens is 334 g/mol. The third kappa shape index (κ3) is 4.05. The SMILES string of the molecule is CCN(CC)C(=O)c1cccc(NC(=O)c2cccc([N+](=O)[O-])c2C)c1. The highest BCUT2D eigenvalue weighted by Gasteiger charge is 2.18. The minimum atomic E-state index is -0.518. The first kappa shape index (κ1) is 19.1. The van der Waals surface area contributed by atoms with Crippen LogP contribution in [0.2, 0.25) is 0 Å². The van der Waals surface area contributed by atoms with Crippen molar-refractivity contribution < 1.29 is 14.5 Å². The highest BCUT2D eigenvalue weighted by atomic mass is 16.6. The summed E-state index contributed by atoms with van der Waals surface area (Å²) in [6.45, 7) is 6.53. The van der Waals surface area contributed by atoms with E-state index in [1.54, 1.807) is 29.2 Å². The highest BCUT2D eigenvalue weighted by molar-refractivity contribution is 6.06. The van der Waals surface area contributed by atoms with Crippen molar-refractivity contribution in [3.63, 3.8) is 0 Å². The number of nitrogens with one attached hydrogen (secondary N) is 1. The number of hydrogen-bond donors (Lipinski definition) is 1. The third-order valence-corrected chi connectivity index (χ3v) is 4.16. The summed E-state index contributed by atoms with van der Waals surface area (Å²) >= 11 is 0. The number of nitro benzene ring substituents is 1. The van der Waals surface area contributed by atoms with Gasteiger partial charge in [0.05, 0.1) is 4.92 Å². The van der Waals surface area contributed by atoms with E-state index in [4.69, 9.17) is 0 Å². The second kappa shape index (κ2) is 8.24. The van der Waals surface area contributed by atoms with Crippen LogP contribution in [0.25, 0.3) is 0 Å². The van der Waals surface area contributed by atoms with Crippen LogP contribution in [0.4, 0.5) is 11.4 Å². The molecule has 7 nitrogen and oxygen atoms in total. The number of amides is 2. The van der Waals surface area contributed by atoms with Gasteiger partial charge < -0.3 is 10.2 Å². The van der Waals surface area contributed by atoms with Crippen LogP contribution in [0.5, 0.6) is 0 Å². The van der Waals surface area contributed by atoms with Gasteiger partial charge in [0.2, 0.25) is 0 Å². The van der Waals surface area contributed by atoms with Crippen molar-refractivity contribution in [1.82, 2.24) is 4.90 Å². The average Bonchev–Trinajstić information content (AvgIpc) is 2.62. The number of benzene rings is 2. The monoisotopic (exact) mass is 355 g/mol. The van der Waals surface area contributed by atoms with Gasteiger partial charge in [-0.25, -0.2) is 0 Å². The summed E-state index contributed by atoms with van der Waals surface area (Å²) in [5.74, 6) is -0.573. The largest absolute Gasteiger partial charge is 0.339 e. The summed E-state index contributed by atoms with van der Waals surface area (Å²) in [5.41, 5.74) is 1.34. The average molecular weight is 355 g/mol. The number of nitro groups is 1. The van der Waals surface area contributed by atoms with Gasteiger partial charge in [-0.3, -0.25) is 19.7 Å². The van der Waals surface area contributed by atoms with E-state index in [0.717, 1.165) is 0 Å². The molecule has 0 saturated heterocycles. The fourth-order valence-electron chi connectivity index (χ4n) is 2.69. The number of rotatable bonds is 6. The van der Waals surface area contributed by atoms with Gasteiger partial charge in [-0.2, -0.15) is 0 Å². The van der Waals surface area contributed by atoms with Crippen molar-refractivity contribution in [2.45, 2.75) is 20.8 Å². The molecule has 1 N–H and O–H groups in total. The molecule has 0 atom stereocenters. The molecule has 0 spiro atoms. The van der Waals surface area contributed by atoms with E-state index in [1.807, 2.05) is 13.8 Å². The molecule has 26 heavy (non-hydrogen) atoms. The van der Waals surface area contributed by atoms with Crippen molar-refractivity contribution in [2.24, 2.45) is 0 Å². The Bertz CT molecular complexity index is 844. The Morgan fingerprint density at radius 3 is 2.38 bits per heavy atom. The normalized spacial score (nSPS) is 10.3. The van der Waals surface area contributed by atoms with Crippen molar-refractivity contribution in [3.8, 4) is 0 Å². The molecule has 0 saturated carbocycles. The van der Waals surface area contributed by atoms with E-state index in [0.29, 0.717) is 29.9 Å². The van der Waals surface area contributed by atoms with Gasteiger partial charge >= 0.3 is 0 Å². The first-order valence-corrected chi connectivity index (χ1v) is 8.33. The molecule has 0 heterocycles. The molecule has 136 valence electrons. The molecule has 0 aromatic heterocycles. The molecule has 7 heteroatoms. The van der Waals surface area contributed by atoms with Crippen LogP contribution < -0.4 is 5.32 Å². The number of hydrogen-bond acceptors (Lipinski definition) is 4. The first-order chi connectivity index (χ1) is 12.4. The fourth-order valence-corrected chi connectivity index (χ4v) is 2.69. The zero-order chi connectivity index (χ0) is 19.3. The number of anilines is 1. The van der Waals surface area contributed by atoms with Crippen molar-refractivity contribution in [2.75, 3.05) is 18.4 Å². The molecule has 2 aromatic carbocycles. The lowest BCUT2D eigenvalue weighted by molar-refractivity contribution is -0.385. The topological polar surface area (TPSA) is 92.6 Å². The number of carbonyl (C=O) groups excluding carboxylic acids is 2. The lowest BCUT2D eigenvalue weighted by Crippen LogP contribution is -2.30. The summed E-state index contributed by atoms with van der Waals surface area (Å²) in [6, 6.07) is 11.0. The van der Waals surface area contributed by atoms with Crippen molar-refractivity contribution in [1.29, 1.82) is 0 Å². The van der Waals surface area contributed by atoms with E-state index >= 15 is 0 Å². The zero-order valence-corrected chi connectivity index (χ0v) is 15.0. The number of nitrogens with zero attached hydrogens (tertiary/aromatic N) is 2. The molecule has 0 fully saturated rings. The summed E-state index contributed by atoms with van der Waals surface area (Å²) in [4.78, 5) is 37.1. The minimum Gasteiger partial charge on any atom is -0.339 e. The van der Waals surface area contributed by atoms with Crippen molar-refractivity contribution in [3.05, 3.63) is 69.3 Å². The Kier molecular flexibility index (Phi) is 6.06. The van der Waals surface area contributed by atoms with E-state index < -0.39 is 10.8 Å². The van der Waals surface area contributed by atoms with Crippen LogP contribution in [0.1, 0.15) is 40.1 Å². The minimum absolute atomic E-state index is 0.108. The molecule has 2 rings (SSSR count). The Morgan fingerprint density at radius 1 is 1.12 bits per heavy atom. The van der Waals surface area contributed by atoms with Gasteiger partial charge in [-0.1, -0.05) is 12.1 Å². The predicted octanol–water partition coefficient (Wildman–Crippen LogP) is 3.64. The highest BCUT2D eigenvalue weighted by Crippen LogP contribution is 2.22. The second-order valence-corrected chi connectivity index (χ2v) is 5.72. The molecule has 2 aromatic rings. The maximum atomic E-state index is 12.5. The van der Waals surface area contributed by atoms with Crippen LogP contribution in [0, 0.1) is 17.0 Å². The van der Waals surface area contributed by atoms with E-state index in [-0.39, 0.29) is 17.2 Å². The Balaban J connectivity index is 2.26. The third-order valence-electron chi connectivity index (χ3n) is 4.16. The lowest BCUT2D eigenvalue weighted by Gasteiger charge is -2.19. The molecule has 2 amide bonds. The summed E-state index contributed by atoms with van der Waals surface area (Å²) in [7, 11) is 0. The van der Waals surface area contributed by atoms with Crippen molar-refractivity contribution >= 4 is 23.2 Å². The standard InChI is InChI=1S/C19H21N3O4/c1-4-21(5-2)19(24)14-8-6-9-15(12-14)20-18(23)16-10-7-11-17(13(16)3)22(25)26/h6-12H,4-5H2,1-3H3,(H,20,23). The molecule has 0 aliphatic rings. The summed E-state index contributed by atoms with van der Waals surface area (Å²) in [5, 5.41) is 13.7. The van der Waals surface area contributed by atoms with Crippen LogP contribution >= 0.6 is 0 Å². The van der Waals surface area contributed by atoms with Gasteiger partial charge in [-0.15, -0.1) is 0 Å².